The summed E-state index contributed by atoms with van der Waals surface area (Å²) in [6.45, 7) is 3.43. The van der Waals surface area contributed by atoms with Crippen LogP contribution in [0.15, 0.2) is 60.7 Å². The summed E-state index contributed by atoms with van der Waals surface area (Å²) < 4.78 is 5.66. The van der Waals surface area contributed by atoms with Crippen LogP contribution in [-0.4, -0.2) is 23.5 Å². The fraction of sp³-hybridized carbons (Fsp3) is 0.381. The molecule has 3 nitrogen and oxygen atoms in total. The Labute approximate surface area is 144 Å². The maximum Gasteiger partial charge on any atom is 0.249 e. The molecule has 1 saturated carbocycles. The number of rotatable bonds is 8. The van der Waals surface area contributed by atoms with Crippen LogP contribution in [0.25, 0.3) is 0 Å². The molecular weight excluding hydrogens is 298 g/mol. The summed E-state index contributed by atoms with van der Waals surface area (Å²) in [5.41, 5.74) is 2.26. The number of ether oxygens (including phenoxy) is 1. The van der Waals surface area contributed by atoms with Gasteiger partial charge in [-0.25, -0.2) is 0 Å². The summed E-state index contributed by atoms with van der Waals surface area (Å²) in [4.78, 5) is 14.7. The fourth-order valence-electron chi connectivity index (χ4n) is 2.99. The van der Waals surface area contributed by atoms with Crippen LogP contribution in [-0.2, 0) is 22.7 Å². The largest absolute Gasteiger partial charge is 0.367 e. The van der Waals surface area contributed by atoms with Crippen molar-refractivity contribution in [2.45, 2.75) is 39.0 Å². The molecule has 0 bridgehead atoms. The van der Waals surface area contributed by atoms with Crippen LogP contribution in [0.4, 0.5) is 0 Å². The molecule has 0 spiro atoms. The molecular formula is C21H25NO2. The minimum Gasteiger partial charge on any atom is -0.367 e. The van der Waals surface area contributed by atoms with Crippen molar-refractivity contribution in [1.82, 2.24) is 4.90 Å². The molecule has 0 aliphatic heterocycles. The molecule has 3 heteroatoms. The maximum atomic E-state index is 12.7. The summed E-state index contributed by atoms with van der Waals surface area (Å²) >= 11 is 0. The third-order valence-corrected chi connectivity index (χ3v) is 4.65. The highest BCUT2D eigenvalue weighted by atomic mass is 16.5. The number of benzene rings is 2. The average molecular weight is 323 g/mol. The number of hydrogen-bond acceptors (Lipinski definition) is 2. The van der Waals surface area contributed by atoms with Crippen molar-refractivity contribution in [3.63, 3.8) is 0 Å². The Balaban J connectivity index is 1.58. The molecule has 0 radical (unpaired) electrons. The lowest BCUT2D eigenvalue weighted by Gasteiger charge is -2.29. The summed E-state index contributed by atoms with van der Waals surface area (Å²) in [6, 6.07) is 20.4. The molecule has 1 aliphatic carbocycles. The summed E-state index contributed by atoms with van der Waals surface area (Å²) in [5, 5.41) is 0. The predicted molar refractivity (Wildman–Crippen MR) is 95.3 cm³/mol. The molecule has 126 valence electrons. The van der Waals surface area contributed by atoms with Crippen LogP contribution in [0, 0.1) is 5.92 Å². The molecule has 1 aliphatic rings. The molecule has 0 saturated heterocycles. The van der Waals surface area contributed by atoms with E-state index in [4.69, 9.17) is 4.74 Å². The van der Waals surface area contributed by atoms with Gasteiger partial charge in [0.2, 0.25) is 5.91 Å². The van der Waals surface area contributed by atoms with Crippen molar-refractivity contribution < 1.29 is 9.53 Å². The highest BCUT2D eigenvalue weighted by Gasteiger charge is 2.34. The lowest BCUT2D eigenvalue weighted by Crippen LogP contribution is -2.41. The smallest absolute Gasteiger partial charge is 0.249 e. The highest BCUT2D eigenvalue weighted by Crippen LogP contribution is 2.35. The Morgan fingerprint density at radius 3 is 2.21 bits per heavy atom. The summed E-state index contributed by atoms with van der Waals surface area (Å²) in [5.74, 6) is 0.723. The Kier molecular flexibility index (Phi) is 5.65. The predicted octanol–water partition coefficient (Wildman–Crippen LogP) is 4.03. The first kappa shape index (κ1) is 16.7. The molecule has 2 aromatic carbocycles. The van der Waals surface area contributed by atoms with E-state index in [0.717, 1.165) is 5.56 Å². The van der Waals surface area contributed by atoms with E-state index in [1.165, 1.54) is 18.4 Å². The van der Waals surface area contributed by atoms with E-state index in [9.17, 15) is 4.79 Å². The Bertz CT molecular complexity index is 637. The average Bonchev–Trinajstić information content (AvgIpc) is 3.46. The Hall–Kier alpha value is -2.13. The first-order chi connectivity index (χ1) is 11.7. The Morgan fingerprint density at radius 2 is 1.62 bits per heavy atom. The third kappa shape index (κ3) is 4.68. The van der Waals surface area contributed by atoms with Crippen LogP contribution in [0.1, 0.15) is 30.9 Å². The molecule has 24 heavy (non-hydrogen) atoms. The second-order valence-electron chi connectivity index (χ2n) is 6.56. The second-order valence-corrected chi connectivity index (χ2v) is 6.56. The topological polar surface area (TPSA) is 29.5 Å². The molecule has 0 N–H and O–H groups in total. The number of amides is 1. The third-order valence-electron chi connectivity index (χ3n) is 4.65. The van der Waals surface area contributed by atoms with Crippen molar-refractivity contribution >= 4 is 5.91 Å². The molecule has 1 fully saturated rings. The zero-order valence-corrected chi connectivity index (χ0v) is 14.2. The maximum absolute atomic E-state index is 12.7. The lowest BCUT2D eigenvalue weighted by atomic mass is 10.1. The molecule has 1 amide bonds. The van der Waals surface area contributed by atoms with Crippen LogP contribution in [0.2, 0.25) is 0 Å². The summed E-state index contributed by atoms with van der Waals surface area (Å²) in [7, 11) is 0. The minimum absolute atomic E-state index is 0.0779. The summed E-state index contributed by atoms with van der Waals surface area (Å²) in [6.07, 6.45) is 2.45. The van der Waals surface area contributed by atoms with Crippen molar-refractivity contribution in [3.8, 4) is 0 Å². The fourth-order valence-corrected chi connectivity index (χ4v) is 2.99. The van der Waals surface area contributed by atoms with Gasteiger partial charge in [0, 0.05) is 12.6 Å². The van der Waals surface area contributed by atoms with Gasteiger partial charge in [-0.05, 0) is 36.8 Å². The van der Waals surface area contributed by atoms with Gasteiger partial charge in [0.15, 0.2) is 0 Å². The number of nitrogens with zero attached hydrogens (tertiary/aromatic N) is 1. The van der Waals surface area contributed by atoms with E-state index < -0.39 is 0 Å². The molecule has 2 aromatic rings. The van der Waals surface area contributed by atoms with E-state index in [1.54, 1.807) is 0 Å². The van der Waals surface area contributed by atoms with Gasteiger partial charge in [-0.3, -0.25) is 4.79 Å². The molecule has 0 aromatic heterocycles. The van der Waals surface area contributed by atoms with Crippen LogP contribution in [0.3, 0.4) is 0 Å². The Morgan fingerprint density at radius 1 is 1.04 bits per heavy atom. The van der Waals surface area contributed by atoms with E-state index in [0.29, 0.717) is 19.1 Å². The van der Waals surface area contributed by atoms with Gasteiger partial charge in [-0.1, -0.05) is 60.7 Å². The van der Waals surface area contributed by atoms with Crippen molar-refractivity contribution in [2.24, 2.45) is 5.92 Å². The van der Waals surface area contributed by atoms with Gasteiger partial charge in [0.05, 0.1) is 6.61 Å². The van der Waals surface area contributed by atoms with Gasteiger partial charge in [-0.2, -0.15) is 0 Å². The first-order valence-electron chi connectivity index (χ1n) is 8.69. The zero-order valence-electron chi connectivity index (χ0n) is 14.2. The van der Waals surface area contributed by atoms with Crippen molar-refractivity contribution in [3.05, 3.63) is 71.8 Å². The first-order valence-corrected chi connectivity index (χ1v) is 8.69. The highest BCUT2D eigenvalue weighted by molar-refractivity contribution is 5.77. The van der Waals surface area contributed by atoms with Gasteiger partial charge in [0.1, 0.15) is 6.61 Å². The normalized spacial score (nSPS) is 15.0. The van der Waals surface area contributed by atoms with E-state index in [2.05, 4.69) is 19.1 Å². The van der Waals surface area contributed by atoms with E-state index >= 15 is 0 Å². The van der Waals surface area contributed by atoms with Gasteiger partial charge in [0.25, 0.3) is 0 Å². The molecule has 0 heterocycles. The molecule has 1 atom stereocenters. The monoisotopic (exact) mass is 323 g/mol. The SMILES string of the molecule is CC(C1CC1)N(Cc1ccccc1)C(=O)COCc1ccccc1. The standard InChI is InChI=1S/C21H25NO2/c1-17(20-12-13-20)22(14-18-8-4-2-5-9-18)21(23)16-24-15-19-10-6-3-7-11-19/h2-11,17,20H,12-16H2,1H3. The van der Waals surface area contributed by atoms with Gasteiger partial charge >= 0.3 is 0 Å². The van der Waals surface area contributed by atoms with E-state index in [-0.39, 0.29) is 18.6 Å². The van der Waals surface area contributed by atoms with Crippen molar-refractivity contribution in [1.29, 1.82) is 0 Å². The van der Waals surface area contributed by atoms with Crippen molar-refractivity contribution in [2.75, 3.05) is 6.61 Å². The number of carbonyl (C=O) groups is 1. The second kappa shape index (κ2) is 8.11. The van der Waals surface area contributed by atoms with Crippen LogP contribution >= 0.6 is 0 Å². The lowest BCUT2D eigenvalue weighted by molar-refractivity contribution is -0.139. The zero-order chi connectivity index (χ0) is 16.8. The van der Waals surface area contributed by atoms with Gasteiger partial charge < -0.3 is 9.64 Å². The number of carbonyl (C=O) groups excluding carboxylic acids is 1. The molecule has 1 unspecified atom stereocenters. The van der Waals surface area contributed by atoms with Crippen LogP contribution < -0.4 is 0 Å². The number of hydrogen-bond donors (Lipinski definition) is 0. The minimum atomic E-state index is 0.0779. The van der Waals surface area contributed by atoms with Crippen LogP contribution in [0.5, 0.6) is 0 Å². The quantitative estimate of drug-likeness (QED) is 0.734. The van der Waals surface area contributed by atoms with Gasteiger partial charge in [-0.15, -0.1) is 0 Å². The van der Waals surface area contributed by atoms with E-state index in [1.807, 2.05) is 53.4 Å². The molecule has 3 rings (SSSR count).